The van der Waals surface area contributed by atoms with E-state index in [2.05, 4.69) is 17.1 Å². The summed E-state index contributed by atoms with van der Waals surface area (Å²) in [5.74, 6) is 0. The minimum absolute atomic E-state index is 0.150. The summed E-state index contributed by atoms with van der Waals surface area (Å²) in [6.45, 7) is 8.16. The first-order valence-electron chi connectivity index (χ1n) is 11.0. The second-order valence-corrected chi connectivity index (χ2v) is 7.73. The summed E-state index contributed by atoms with van der Waals surface area (Å²) in [6.07, 6.45) is 12.9. The van der Waals surface area contributed by atoms with Gasteiger partial charge in [-0.25, -0.2) is 0 Å². The summed E-state index contributed by atoms with van der Waals surface area (Å²) < 4.78 is 0. The van der Waals surface area contributed by atoms with Crippen LogP contribution in [0.3, 0.4) is 0 Å². The molecule has 0 aromatic rings. The maximum Gasteiger partial charge on any atom is 0.0897 e. The highest BCUT2D eigenvalue weighted by molar-refractivity contribution is 4.65. The Kier molecular flexibility index (Phi) is 19.4. The molecule has 0 bridgehead atoms. The number of aliphatic hydroxyl groups is 3. The van der Waals surface area contributed by atoms with E-state index in [4.69, 9.17) is 5.11 Å². The van der Waals surface area contributed by atoms with Gasteiger partial charge in [-0.2, -0.15) is 0 Å². The Hall–Kier alpha value is -0.200. The van der Waals surface area contributed by atoms with Crippen LogP contribution < -0.4 is 5.32 Å². The Morgan fingerprint density at radius 1 is 0.808 bits per heavy atom. The molecule has 0 saturated carbocycles. The monoisotopic (exact) mass is 374 g/mol. The van der Waals surface area contributed by atoms with Gasteiger partial charge in [-0.1, -0.05) is 58.3 Å². The fourth-order valence-electron chi connectivity index (χ4n) is 3.19. The zero-order valence-corrected chi connectivity index (χ0v) is 17.5. The summed E-state index contributed by atoms with van der Waals surface area (Å²) in [6, 6.07) is 0. The van der Waals surface area contributed by atoms with E-state index in [1.165, 1.54) is 57.8 Å². The second-order valence-electron chi connectivity index (χ2n) is 7.73. The van der Waals surface area contributed by atoms with E-state index in [0.717, 1.165) is 32.5 Å². The molecular weight excluding hydrogens is 328 g/mol. The molecule has 0 aromatic carbocycles. The fraction of sp³-hybridized carbons (Fsp3) is 1.00. The quantitative estimate of drug-likeness (QED) is 0.247. The molecule has 0 spiro atoms. The first kappa shape index (κ1) is 25.8. The minimum atomic E-state index is -0.621. The van der Waals surface area contributed by atoms with Gasteiger partial charge in [0, 0.05) is 13.1 Å². The van der Waals surface area contributed by atoms with Crippen molar-refractivity contribution in [1.82, 2.24) is 10.2 Å². The fourth-order valence-corrected chi connectivity index (χ4v) is 3.19. The predicted octanol–water partition coefficient (Wildman–Crippen LogP) is 2.92. The van der Waals surface area contributed by atoms with Gasteiger partial charge in [0.2, 0.25) is 0 Å². The molecule has 2 atom stereocenters. The highest BCUT2D eigenvalue weighted by atomic mass is 16.3. The summed E-state index contributed by atoms with van der Waals surface area (Å²) in [7, 11) is 0. The van der Waals surface area contributed by atoms with Crippen LogP contribution in [-0.2, 0) is 0 Å². The smallest absolute Gasteiger partial charge is 0.0897 e. The Balaban J connectivity index is 3.73. The molecular formula is C21H46N2O3. The van der Waals surface area contributed by atoms with Crippen molar-refractivity contribution < 1.29 is 15.3 Å². The molecule has 5 heteroatoms. The van der Waals surface area contributed by atoms with E-state index in [1.54, 1.807) is 6.92 Å². The second kappa shape index (κ2) is 19.6. The number of aliphatic hydroxyl groups excluding tert-OH is 3. The zero-order valence-electron chi connectivity index (χ0n) is 17.5. The number of hydrogen-bond donors (Lipinski definition) is 4. The van der Waals surface area contributed by atoms with E-state index >= 15 is 0 Å². The van der Waals surface area contributed by atoms with Crippen molar-refractivity contribution in [3.8, 4) is 0 Å². The van der Waals surface area contributed by atoms with Crippen LogP contribution in [0.5, 0.6) is 0 Å². The van der Waals surface area contributed by atoms with Gasteiger partial charge in [-0.15, -0.1) is 0 Å². The van der Waals surface area contributed by atoms with Gasteiger partial charge in [0.25, 0.3) is 0 Å². The first-order chi connectivity index (χ1) is 12.6. The van der Waals surface area contributed by atoms with Gasteiger partial charge in [0.1, 0.15) is 0 Å². The Morgan fingerprint density at radius 3 is 1.88 bits per heavy atom. The van der Waals surface area contributed by atoms with Crippen LogP contribution >= 0.6 is 0 Å². The van der Waals surface area contributed by atoms with Crippen LogP contribution in [-0.4, -0.2) is 71.8 Å². The third kappa shape index (κ3) is 18.6. The molecule has 2 unspecified atom stereocenters. The largest absolute Gasteiger partial charge is 0.394 e. The highest BCUT2D eigenvalue weighted by Gasteiger charge is 2.10. The average molecular weight is 375 g/mol. The van der Waals surface area contributed by atoms with Crippen molar-refractivity contribution >= 4 is 0 Å². The van der Waals surface area contributed by atoms with E-state index in [0.29, 0.717) is 13.1 Å². The highest BCUT2D eigenvalue weighted by Crippen LogP contribution is 2.09. The predicted molar refractivity (Wildman–Crippen MR) is 111 cm³/mol. The van der Waals surface area contributed by atoms with Gasteiger partial charge in [0.15, 0.2) is 0 Å². The molecule has 0 aromatic heterocycles. The lowest BCUT2D eigenvalue weighted by molar-refractivity contribution is 0.0579. The van der Waals surface area contributed by atoms with Gasteiger partial charge in [-0.05, 0) is 45.8 Å². The SMILES string of the molecule is CCCCCCCCCN(CCCCCCNCC(C)O)CC(O)CO. The third-order valence-corrected chi connectivity index (χ3v) is 4.78. The van der Waals surface area contributed by atoms with Crippen molar-refractivity contribution in [2.45, 2.75) is 96.7 Å². The molecule has 0 saturated heterocycles. The van der Waals surface area contributed by atoms with Gasteiger partial charge < -0.3 is 25.5 Å². The van der Waals surface area contributed by atoms with Crippen molar-refractivity contribution in [2.24, 2.45) is 0 Å². The molecule has 0 aliphatic carbocycles. The van der Waals surface area contributed by atoms with Gasteiger partial charge in [0.05, 0.1) is 18.8 Å². The average Bonchev–Trinajstić information content (AvgIpc) is 2.62. The van der Waals surface area contributed by atoms with E-state index < -0.39 is 6.10 Å². The molecule has 4 N–H and O–H groups in total. The molecule has 0 amide bonds. The lowest BCUT2D eigenvalue weighted by atomic mass is 10.1. The molecule has 0 fully saturated rings. The number of hydrogen-bond acceptors (Lipinski definition) is 5. The van der Waals surface area contributed by atoms with E-state index in [9.17, 15) is 10.2 Å². The normalized spacial score (nSPS) is 14.1. The molecule has 5 nitrogen and oxygen atoms in total. The first-order valence-corrected chi connectivity index (χ1v) is 11.0. The van der Waals surface area contributed by atoms with Crippen LogP contribution in [0.15, 0.2) is 0 Å². The van der Waals surface area contributed by atoms with Gasteiger partial charge in [-0.3, -0.25) is 0 Å². The number of nitrogens with zero attached hydrogens (tertiary/aromatic N) is 1. The lowest BCUT2D eigenvalue weighted by Crippen LogP contribution is -2.35. The van der Waals surface area contributed by atoms with E-state index in [-0.39, 0.29) is 12.7 Å². The molecule has 0 rings (SSSR count). The Labute approximate surface area is 162 Å². The van der Waals surface area contributed by atoms with Crippen LogP contribution in [0.2, 0.25) is 0 Å². The molecule has 26 heavy (non-hydrogen) atoms. The molecule has 0 heterocycles. The molecule has 0 aliphatic rings. The van der Waals surface area contributed by atoms with Crippen LogP contribution in [0.25, 0.3) is 0 Å². The lowest BCUT2D eigenvalue weighted by Gasteiger charge is -2.24. The third-order valence-electron chi connectivity index (χ3n) is 4.78. The zero-order chi connectivity index (χ0) is 19.5. The summed E-state index contributed by atoms with van der Waals surface area (Å²) in [5.41, 5.74) is 0. The summed E-state index contributed by atoms with van der Waals surface area (Å²) in [4.78, 5) is 2.32. The van der Waals surface area contributed by atoms with Crippen molar-refractivity contribution in [3.63, 3.8) is 0 Å². The summed E-state index contributed by atoms with van der Waals surface area (Å²) in [5, 5.41) is 31.3. The van der Waals surface area contributed by atoms with E-state index in [1.807, 2.05) is 0 Å². The Bertz CT molecular complexity index is 278. The Morgan fingerprint density at radius 2 is 1.35 bits per heavy atom. The number of nitrogens with one attached hydrogen (secondary N) is 1. The maximum atomic E-state index is 9.75. The molecule has 0 radical (unpaired) electrons. The topological polar surface area (TPSA) is 76.0 Å². The molecule has 158 valence electrons. The molecule has 0 aliphatic heterocycles. The van der Waals surface area contributed by atoms with Gasteiger partial charge >= 0.3 is 0 Å². The minimum Gasteiger partial charge on any atom is -0.394 e. The standard InChI is InChI=1S/C21H46N2O3/c1-3-4-5-6-7-9-12-15-23(18-21(26)19-24)16-13-10-8-11-14-22-17-20(2)25/h20-22,24-26H,3-19H2,1-2H3. The maximum absolute atomic E-state index is 9.75. The van der Waals surface area contributed by atoms with Crippen molar-refractivity contribution in [2.75, 3.05) is 39.3 Å². The number of rotatable bonds is 20. The van der Waals surface area contributed by atoms with Crippen molar-refractivity contribution in [3.05, 3.63) is 0 Å². The van der Waals surface area contributed by atoms with Crippen LogP contribution in [0, 0.1) is 0 Å². The van der Waals surface area contributed by atoms with Crippen LogP contribution in [0.1, 0.15) is 84.5 Å². The van der Waals surface area contributed by atoms with Crippen LogP contribution in [0.4, 0.5) is 0 Å². The summed E-state index contributed by atoms with van der Waals surface area (Å²) >= 11 is 0. The number of unbranched alkanes of at least 4 members (excludes halogenated alkanes) is 9. The van der Waals surface area contributed by atoms with Crippen molar-refractivity contribution in [1.29, 1.82) is 0 Å².